The second-order valence-electron chi connectivity index (χ2n) is 5.01. The summed E-state index contributed by atoms with van der Waals surface area (Å²) in [6.45, 7) is 1.87. The van der Waals surface area contributed by atoms with Crippen LogP contribution in [0.4, 0.5) is 5.82 Å². The van der Waals surface area contributed by atoms with Gasteiger partial charge in [0.25, 0.3) is 0 Å². The van der Waals surface area contributed by atoms with E-state index in [0.717, 1.165) is 0 Å². The molecule has 0 saturated carbocycles. The number of nitrogens with zero attached hydrogens (tertiary/aromatic N) is 1. The maximum atomic E-state index is 11.8. The minimum Gasteiger partial charge on any atom is -0.493 e. The Morgan fingerprint density at radius 2 is 2.04 bits per heavy atom. The molecule has 1 amide bonds. The Kier molecular flexibility index (Phi) is 6.19. The number of aryl methyl sites for hydroxylation is 1. The third kappa shape index (κ3) is 6.29. The van der Waals surface area contributed by atoms with Gasteiger partial charge in [-0.25, -0.2) is 8.42 Å². The van der Waals surface area contributed by atoms with Crippen molar-refractivity contribution in [3.05, 3.63) is 42.2 Å². The summed E-state index contributed by atoms with van der Waals surface area (Å²) >= 11 is 0. The Bertz CT molecular complexity index is 758. The maximum Gasteiger partial charge on any atom is 0.235 e. The molecule has 1 aromatic carbocycles. The molecule has 0 atom stereocenters. The summed E-state index contributed by atoms with van der Waals surface area (Å²) in [4.78, 5) is 11.6. The lowest BCUT2D eigenvalue weighted by atomic mass is 10.3. The van der Waals surface area contributed by atoms with Crippen molar-refractivity contribution in [2.45, 2.75) is 13.3 Å². The van der Waals surface area contributed by atoms with Gasteiger partial charge in [-0.3, -0.25) is 9.52 Å². The minimum absolute atomic E-state index is 0.00363. The zero-order chi connectivity index (χ0) is 17.4. The molecular formula is C15H19N3O5S. The highest BCUT2D eigenvalue weighted by molar-refractivity contribution is 7.92. The minimum atomic E-state index is -3.60. The fraction of sp³-hybridized carbons (Fsp3) is 0.333. The van der Waals surface area contributed by atoms with Crippen LogP contribution in [0.15, 0.2) is 40.9 Å². The molecule has 1 aromatic heterocycles. The van der Waals surface area contributed by atoms with E-state index in [1.54, 1.807) is 19.1 Å². The van der Waals surface area contributed by atoms with Gasteiger partial charge in [0.1, 0.15) is 11.5 Å². The van der Waals surface area contributed by atoms with Gasteiger partial charge in [-0.1, -0.05) is 23.4 Å². The van der Waals surface area contributed by atoms with Gasteiger partial charge in [0, 0.05) is 12.6 Å². The first kappa shape index (κ1) is 17.8. The van der Waals surface area contributed by atoms with E-state index in [1.807, 2.05) is 18.2 Å². The van der Waals surface area contributed by atoms with Gasteiger partial charge in [-0.05, 0) is 19.1 Å². The molecule has 0 spiro atoms. The number of amides is 1. The average Bonchev–Trinajstić information content (AvgIpc) is 2.92. The van der Waals surface area contributed by atoms with Gasteiger partial charge in [-0.2, -0.15) is 0 Å². The van der Waals surface area contributed by atoms with Crippen molar-refractivity contribution in [1.82, 2.24) is 10.5 Å². The summed E-state index contributed by atoms with van der Waals surface area (Å²) in [5.41, 5.74) is 0. The number of carbonyl (C=O) groups excluding carboxylic acids is 1. The topological polar surface area (TPSA) is 111 Å². The third-order valence-electron chi connectivity index (χ3n) is 2.92. The monoisotopic (exact) mass is 353 g/mol. The van der Waals surface area contributed by atoms with E-state index < -0.39 is 10.0 Å². The summed E-state index contributed by atoms with van der Waals surface area (Å²) in [6, 6.07) is 10.6. The number of anilines is 1. The number of sulfonamides is 1. The van der Waals surface area contributed by atoms with E-state index in [9.17, 15) is 13.2 Å². The van der Waals surface area contributed by atoms with Crippen molar-refractivity contribution in [3.8, 4) is 5.75 Å². The lowest BCUT2D eigenvalue weighted by Gasteiger charge is -2.08. The fourth-order valence-electron chi connectivity index (χ4n) is 1.82. The predicted octanol–water partition coefficient (Wildman–Crippen LogP) is 1.31. The van der Waals surface area contributed by atoms with Crippen molar-refractivity contribution >= 4 is 21.7 Å². The summed E-state index contributed by atoms with van der Waals surface area (Å²) < 4.78 is 36.1. The Hall–Kier alpha value is -2.55. The number of ether oxygens (including phenoxy) is 1. The van der Waals surface area contributed by atoms with Crippen LogP contribution < -0.4 is 14.8 Å². The maximum absolute atomic E-state index is 11.8. The predicted molar refractivity (Wildman–Crippen MR) is 88.2 cm³/mol. The van der Waals surface area contributed by atoms with E-state index in [1.165, 1.54) is 6.07 Å². The molecule has 24 heavy (non-hydrogen) atoms. The SMILES string of the molecule is Cc1cc(NS(=O)(=O)CCNC(=O)CCOc2ccccc2)no1. The van der Waals surface area contributed by atoms with Crippen LogP contribution in [-0.4, -0.2) is 38.4 Å². The molecule has 9 heteroatoms. The second kappa shape index (κ2) is 8.34. The largest absolute Gasteiger partial charge is 0.493 e. The quantitative estimate of drug-likeness (QED) is 0.703. The molecule has 130 valence electrons. The highest BCUT2D eigenvalue weighted by atomic mass is 32.2. The molecule has 2 N–H and O–H groups in total. The molecule has 0 fully saturated rings. The van der Waals surface area contributed by atoms with Crippen LogP contribution in [0.3, 0.4) is 0 Å². The summed E-state index contributed by atoms with van der Waals surface area (Å²) in [7, 11) is -3.60. The van der Waals surface area contributed by atoms with Gasteiger partial charge in [0.2, 0.25) is 15.9 Å². The fourth-order valence-corrected chi connectivity index (χ4v) is 2.70. The number of nitrogens with one attached hydrogen (secondary N) is 2. The third-order valence-corrected chi connectivity index (χ3v) is 4.18. The van der Waals surface area contributed by atoms with Gasteiger partial charge < -0.3 is 14.6 Å². The lowest BCUT2D eigenvalue weighted by molar-refractivity contribution is -0.121. The van der Waals surface area contributed by atoms with Crippen molar-refractivity contribution in [3.63, 3.8) is 0 Å². The van der Waals surface area contributed by atoms with Crippen molar-refractivity contribution in [2.75, 3.05) is 23.6 Å². The molecule has 0 aliphatic heterocycles. The zero-order valence-corrected chi connectivity index (χ0v) is 14.0. The highest BCUT2D eigenvalue weighted by Crippen LogP contribution is 2.09. The van der Waals surface area contributed by atoms with Crippen LogP contribution in [0, 0.1) is 6.92 Å². The number of carbonyl (C=O) groups is 1. The number of hydrogen-bond donors (Lipinski definition) is 2. The molecule has 8 nitrogen and oxygen atoms in total. The first-order valence-electron chi connectivity index (χ1n) is 7.33. The number of aromatic nitrogens is 1. The first-order valence-corrected chi connectivity index (χ1v) is 8.98. The van der Waals surface area contributed by atoms with E-state index in [2.05, 4.69) is 15.2 Å². The van der Waals surface area contributed by atoms with Crippen LogP contribution in [0.5, 0.6) is 5.75 Å². The number of para-hydroxylation sites is 1. The number of benzene rings is 1. The highest BCUT2D eigenvalue weighted by Gasteiger charge is 2.13. The second-order valence-corrected chi connectivity index (χ2v) is 6.85. The lowest BCUT2D eigenvalue weighted by Crippen LogP contribution is -2.31. The van der Waals surface area contributed by atoms with Gasteiger partial charge in [0.05, 0.1) is 18.8 Å². The summed E-state index contributed by atoms with van der Waals surface area (Å²) in [6.07, 6.45) is 0.144. The van der Waals surface area contributed by atoms with Gasteiger partial charge in [0.15, 0.2) is 5.82 Å². The number of rotatable bonds is 9. The first-order chi connectivity index (χ1) is 11.4. The molecule has 2 rings (SSSR count). The normalized spacial score (nSPS) is 11.0. The molecule has 0 radical (unpaired) electrons. The van der Waals surface area contributed by atoms with Crippen LogP contribution in [0.1, 0.15) is 12.2 Å². The van der Waals surface area contributed by atoms with E-state index in [4.69, 9.17) is 9.26 Å². The summed E-state index contributed by atoms with van der Waals surface area (Å²) in [5.74, 6) is 0.761. The average molecular weight is 353 g/mol. The van der Waals surface area contributed by atoms with Crippen LogP contribution in [0.25, 0.3) is 0 Å². The van der Waals surface area contributed by atoms with Crippen molar-refractivity contribution < 1.29 is 22.5 Å². The molecular weight excluding hydrogens is 334 g/mol. The van der Waals surface area contributed by atoms with Gasteiger partial charge >= 0.3 is 0 Å². The Morgan fingerprint density at radius 3 is 2.71 bits per heavy atom. The number of hydrogen-bond acceptors (Lipinski definition) is 6. The van der Waals surface area contributed by atoms with E-state index in [-0.39, 0.29) is 37.1 Å². The van der Waals surface area contributed by atoms with Gasteiger partial charge in [-0.15, -0.1) is 0 Å². The van der Waals surface area contributed by atoms with E-state index >= 15 is 0 Å². The van der Waals surface area contributed by atoms with Crippen LogP contribution in [-0.2, 0) is 14.8 Å². The molecule has 0 unspecified atom stereocenters. The molecule has 0 bridgehead atoms. The Labute approximate surface area is 140 Å². The molecule has 1 heterocycles. The molecule has 0 saturated heterocycles. The molecule has 0 aliphatic rings. The Morgan fingerprint density at radius 1 is 1.29 bits per heavy atom. The van der Waals surface area contributed by atoms with Crippen molar-refractivity contribution in [1.29, 1.82) is 0 Å². The smallest absolute Gasteiger partial charge is 0.235 e. The molecule has 0 aliphatic carbocycles. The van der Waals surface area contributed by atoms with Crippen LogP contribution in [0.2, 0.25) is 0 Å². The van der Waals surface area contributed by atoms with Crippen LogP contribution >= 0.6 is 0 Å². The van der Waals surface area contributed by atoms with Crippen molar-refractivity contribution in [2.24, 2.45) is 0 Å². The van der Waals surface area contributed by atoms with E-state index in [0.29, 0.717) is 11.5 Å². The molecule has 2 aromatic rings. The zero-order valence-electron chi connectivity index (χ0n) is 13.2. The standard InChI is InChI=1S/C15H19N3O5S/c1-12-11-14(17-23-12)18-24(20,21)10-8-16-15(19)7-9-22-13-5-3-2-4-6-13/h2-6,11H,7-10H2,1H3,(H,16,19)(H,17,18). The Balaban J connectivity index is 1.64. The summed E-state index contributed by atoms with van der Waals surface area (Å²) in [5, 5.41) is 6.08.